The Balaban J connectivity index is 1.30. The largest absolute Gasteiger partial charge is 0.494 e. The Morgan fingerprint density at radius 3 is 2.21 bits per heavy atom. The van der Waals surface area contributed by atoms with Crippen LogP contribution in [-0.4, -0.2) is 31.7 Å². The zero-order chi connectivity index (χ0) is 19.9. The van der Waals surface area contributed by atoms with Crippen molar-refractivity contribution >= 4 is 0 Å². The van der Waals surface area contributed by atoms with Crippen molar-refractivity contribution in [1.82, 2.24) is 4.90 Å². The van der Waals surface area contributed by atoms with E-state index >= 15 is 0 Å². The van der Waals surface area contributed by atoms with Crippen LogP contribution >= 0.6 is 0 Å². The number of rotatable bonds is 8. The minimum atomic E-state index is 0.189. The van der Waals surface area contributed by atoms with E-state index in [1.807, 2.05) is 0 Å². The molecular weight excluding hydrogens is 358 g/mol. The first-order valence-corrected chi connectivity index (χ1v) is 12.3. The van der Waals surface area contributed by atoms with Crippen LogP contribution in [0.4, 0.5) is 0 Å². The maximum absolute atomic E-state index is 6.44. The molecule has 162 valence electrons. The predicted octanol–water partition coefficient (Wildman–Crippen LogP) is 6.51. The first-order valence-electron chi connectivity index (χ1n) is 12.3. The van der Waals surface area contributed by atoms with Crippen LogP contribution in [0, 0.1) is 11.8 Å². The molecule has 1 aromatic rings. The van der Waals surface area contributed by atoms with Gasteiger partial charge in [0, 0.05) is 19.7 Å². The summed E-state index contributed by atoms with van der Waals surface area (Å²) in [5, 5.41) is 0. The molecule has 1 heterocycles. The molecule has 3 nitrogen and oxygen atoms in total. The molecule has 3 aliphatic rings. The van der Waals surface area contributed by atoms with Crippen molar-refractivity contribution in [3.63, 3.8) is 0 Å². The highest BCUT2D eigenvalue weighted by Crippen LogP contribution is 2.33. The molecule has 1 aliphatic heterocycles. The van der Waals surface area contributed by atoms with E-state index in [9.17, 15) is 0 Å². The average molecular weight is 400 g/mol. The monoisotopic (exact) mass is 399 g/mol. The Kier molecular flexibility index (Phi) is 7.90. The number of ether oxygens (including phenoxy) is 2. The maximum atomic E-state index is 6.44. The van der Waals surface area contributed by atoms with Crippen LogP contribution in [0.25, 0.3) is 0 Å². The fraction of sp³-hybridized carbons (Fsp3) is 0.769. The highest BCUT2D eigenvalue weighted by Gasteiger charge is 2.25. The molecule has 0 spiro atoms. The normalized spacial score (nSPS) is 24.4. The zero-order valence-corrected chi connectivity index (χ0v) is 18.5. The molecule has 0 saturated heterocycles. The molecular formula is C26H41NO2. The predicted molar refractivity (Wildman–Crippen MR) is 119 cm³/mol. The van der Waals surface area contributed by atoms with Gasteiger partial charge in [0.05, 0.1) is 12.7 Å². The minimum absolute atomic E-state index is 0.189. The van der Waals surface area contributed by atoms with Gasteiger partial charge in [0.15, 0.2) is 0 Å². The van der Waals surface area contributed by atoms with Gasteiger partial charge in [-0.3, -0.25) is 4.90 Å². The van der Waals surface area contributed by atoms with Crippen LogP contribution in [-0.2, 0) is 11.3 Å². The Hall–Kier alpha value is -1.06. The number of nitrogens with zero attached hydrogens (tertiary/aromatic N) is 1. The van der Waals surface area contributed by atoms with E-state index in [0.717, 1.165) is 43.9 Å². The molecule has 29 heavy (non-hydrogen) atoms. The molecule has 1 aromatic carbocycles. The molecule has 2 fully saturated rings. The topological polar surface area (TPSA) is 21.7 Å². The van der Waals surface area contributed by atoms with Gasteiger partial charge in [0.1, 0.15) is 5.75 Å². The molecule has 0 radical (unpaired) electrons. The quantitative estimate of drug-likeness (QED) is 0.497. The third-order valence-electron chi connectivity index (χ3n) is 7.47. The summed E-state index contributed by atoms with van der Waals surface area (Å²) in [6.45, 7) is 3.76. The summed E-state index contributed by atoms with van der Waals surface area (Å²) in [6, 6.07) is 6.70. The third-order valence-corrected chi connectivity index (χ3v) is 7.47. The van der Waals surface area contributed by atoms with Gasteiger partial charge in [-0.2, -0.15) is 0 Å². The molecule has 0 amide bonds. The second kappa shape index (κ2) is 10.8. The summed E-state index contributed by atoms with van der Waals surface area (Å²) in [7, 11) is 2.20. The van der Waals surface area contributed by atoms with E-state index in [4.69, 9.17) is 9.47 Å². The Morgan fingerprint density at radius 2 is 1.52 bits per heavy atom. The summed E-state index contributed by atoms with van der Waals surface area (Å²) in [5.41, 5.74) is 2.77. The molecule has 0 aromatic heterocycles. The van der Waals surface area contributed by atoms with Crippen LogP contribution in [0.15, 0.2) is 18.2 Å². The van der Waals surface area contributed by atoms with E-state index in [2.05, 4.69) is 30.1 Å². The second-order valence-corrected chi connectivity index (χ2v) is 9.85. The lowest BCUT2D eigenvalue weighted by molar-refractivity contribution is 0.0109. The molecule has 3 heteroatoms. The van der Waals surface area contributed by atoms with Gasteiger partial charge in [0.2, 0.25) is 0 Å². The van der Waals surface area contributed by atoms with E-state index in [1.165, 1.54) is 88.2 Å². The molecule has 2 saturated carbocycles. The highest BCUT2D eigenvalue weighted by molar-refractivity contribution is 5.38. The van der Waals surface area contributed by atoms with Crippen LogP contribution in [0.5, 0.6) is 5.75 Å². The summed E-state index contributed by atoms with van der Waals surface area (Å²) in [4.78, 5) is 2.39. The summed E-state index contributed by atoms with van der Waals surface area (Å²) >= 11 is 0. The zero-order valence-electron chi connectivity index (χ0n) is 18.5. The van der Waals surface area contributed by atoms with Gasteiger partial charge in [0.25, 0.3) is 0 Å². The molecule has 1 atom stereocenters. The fourth-order valence-electron chi connectivity index (χ4n) is 5.66. The van der Waals surface area contributed by atoms with Crippen molar-refractivity contribution in [3.8, 4) is 5.75 Å². The summed E-state index contributed by atoms with van der Waals surface area (Å²) in [6.07, 6.45) is 16.8. The van der Waals surface area contributed by atoms with Crippen LogP contribution in [0.3, 0.4) is 0 Å². The molecule has 0 bridgehead atoms. The number of hydrogen-bond acceptors (Lipinski definition) is 3. The smallest absolute Gasteiger partial charge is 0.119 e. The first kappa shape index (κ1) is 21.2. The second-order valence-electron chi connectivity index (χ2n) is 9.85. The molecule has 2 aliphatic carbocycles. The van der Waals surface area contributed by atoms with Gasteiger partial charge in [-0.15, -0.1) is 0 Å². The van der Waals surface area contributed by atoms with E-state index < -0.39 is 0 Å². The summed E-state index contributed by atoms with van der Waals surface area (Å²) in [5.74, 6) is 2.80. The third kappa shape index (κ3) is 6.21. The number of fused-ring (bicyclic) bond motifs is 1. The number of likely N-dealkylation sites (N-methyl/N-ethyl adjacent to an activating group) is 1. The van der Waals surface area contributed by atoms with E-state index in [0.29, 0.717) is 0 Å². The Labute approximate surface area is 178 Å². The highest BCUT2D eigenvalue weighted by atomic mass is 16.5. The van der Waals surface area contributed by atoms with Crippen LogP contribution < -0.4 is 4.74 Å². The average Bonchev–Trinajstić information content (AvgIpc) is 2.75. The van der Waals surface area contributed by atoms with Gasteiger partial charge >= 0.3 is 0 Å². The molecule has 0 N–H and O–H groups in total. The first-order chi connectivity index (χ1) is 14.3. The lowest BCUT2D eigenvalue weighted by atomic mass is 9.87. The van der Waals surface area contributed by atoms with Gasteiger partial charge < -0.3 is 9.47 Å². The van der Waals surface area contributed by atoms with E-state index in [-0.39, 0.29) is 6.10 Å². The van der Waals surface area contributed by atoms with Crippen LogP contribution in [0.1, 0.15) is 94.3 Å². The number of hydrogen-bond donors (Lipinski definition) is 0. The Morgan fingerprint density at radius 1 is 0.862 bits per heavy atom. The van der Waals surface area contributed by atoms with Crippen molar-refractivity contribution < 1.29 is 9.47 Å². The van der Waals surface area contributed by atoms with Gasteiger partial charge in [-0.1, -0.05) is 70.3 Å². The molecule has 4 rings (SSSR count). The number of benzene rings is 1. The van der Waals surface area contributed by atoms with Crippen LogP contribution in [0.2, 0.25) is 0 Å². The van der Waals surface area contributed by atoms with Gasteiger partial charge in [-0.05, 0) is 55.0 Å². The lowest BCUT2D eigenvalue weighted by Gasteiger charge is -2.33. The lowest BCUT2D eigenvalue weighted by Crippen LogP contribution is -2.32. The summed E-state index contributed by atoms with van der Waals surface area (Å²) < 4.78 is 12.6. The fourth-order valence-corrected chi connectivity index (χ4v) is 5.66. The molecule has 0 unspecified atom stereocenters. The van der Waals surface area contributed by atoms with Gasteiger partial charge in [-0.25, -0.2) is 0 Å². The SMILES string of the molecule is CN1Cc2ccc(OCCC3CCCCC3)cc2[C@@H](OCCC2CCCCC2)C1. The minimum Gasteiger partial charge on any atom is -0.494 e. The Bertz CT molecular complexity index is 619. The van der Waals surface area contributed by atoms with Crippen molar-refractivity contribution in [2.45, 2.75) is 89.7 Å². The van der Waals surface area contributed by atoms with E-state index in [1.54, 1.807) is 0 Å². The van der Waals surface area contributed by atoms with Crippen molar-refractivity contribution in [2.75, 3.05) is 26.8 Å². The standard InChI is InChI=1S/C26H41NO2/c1-27-19-23-12-13-24(28-16-14-21-8-4-2-5-9-21)18-25(23)26(20-27)29-17-15-22-10-6-3-7-11-22/h12-13,18,21-22,26H,2-11,14-17,19-20H2,1H3/t26-/m0/s1. The van der Waals surface area contributed by atoms with Crippen molar-refractivity contribution in [2.24, 2.45) is 11.8 Å². The van der Waals surface area contributed by atoms with Crippen molar-refractivity contribution in [1.29, 1.82) is 0 Å². The van der Waals surface area contributed by atoms with Crippen molar-refractivity contribution in [3.05, 3.63) is 29.3 Å². The maximum Gasteiger partial charge on any atom is 0.119 e.